The summed E-state index contributed by atoms with van der Waals surface area (Å²) in [6, 6.07) is 8.10. The van der Waals surface area contributed by atoms with Crippen molar-refractivity contribution in [3.05, 3.63) is 71.9 Å². The largest absolute Gasteiger partial charge is 0.477 e. The van der Waals surface area contributed by atoms with Gasteiger partial charge in [-0.2, -0.15) is 13.2 Å². The molecule has 5 nitrogen and oxygen atoms in total. The molecule has 0 saturated heterocycles. The van der Waals surface area contributed by atoms with E-state index in [1.54, 1.807) is 16.8 Å². The van der Waals surface area contributed by atoms with Crippen molar-refractivity contribution in [2.75, 3.05) is 0 Å². The fraction of sp³-hybridized carbons (Fsp3) is 0.250. The number of nitrogens with zero attached hydrogens (tertiary/aromatic N) is 3. The van der Waals surface area contributed by atoms with E-state index in [4.69, 9.17) is 0 Å². The Balaban J connectivity index is 1.89. The summed E-state index contributed by atoms with van der Waals surface area (Å²) >= 11 is 0. The molecule has 1 unspecified atom stereocenters. The molecule has 0 aliphatic rings. The minimum atomic E-state index is -4.38. The van der Waals surface area contributed by atoms with E-state index in [0.717, 1.165) is 24.1 Å². The summed E-state index contributed by atoms with van der Waals surface area (Å²) in [7, 11) is 0. The molecule has 8 heteroatoms. The van der Waals surface area contributed by atoms with Gasteiger partial charge in [-0.15, -0.1) is 0 Å². The van der Waals surface area contributed by atoms with Gasteiger partial charge in [0, 0.05) is 11.8 Å². The highest BCUT2D eigenvalue weighted by Gasteiger charge is 2.30. The number of benzene rings is 1. The molecule has 0 radical (unpaired) electrons. The average Bonchev–Trinajstić information content (AvgIpc) is 3.15. The Morgan fingerprint density at radius 3 is 2.39 bits per heavy atom. The van der Waals surface area contributed by atoms with E-state index >= 15 is 0 Å². The normalized spacial score (nSPS) is 12.7. The fourth-order valence-electron chi connectivity index (χ4n) is 3.06. The fourth-order valence-corrected chi connectivity index (χ4v) is 3.06. The number of halogens is 3. The van der Waals surface area contributed by atoms with E-state index in [1.807, 2.05) is 13.0 Å². The molecule has 2 aromatic heterocycles. The van der Waals surface area contributed by atoms with Crippen molar-refractivity contribution in [3.63, 3.8) is 0 Å². The van der Waals surface area contributed by atoms with Crippen LogP contribution in [0.15, 0.2) is 55.1 Å². The molecule has 0 saturated carbocycles. The number of pyridine rings is 1. The van der Waals surface area contributed by atoms with Gasteiger partial charge in [-0.1, -0.05) is 31.5 Å². The molecule has 1 atom stereocenters. The molecule has 0 bridgehead atoms. The van der Waals surface area contributed by atoms with Crippen molar-refractivity contribution in [2.45, 2.75) is 32.0 Å². The number of imidazole rings is 1. The number of alkyl halides is 3. The van der Waals surface area contributed by atoms with E-state index in [9.17, 15) is 23.1 Å². The van der Waals surface area contributed by atoms with Gasteiger partial charge in [-0.3, -0.25) is 4.98 Å². The van der Waals surface area contributed by atoms with Gasteiger partial charge in [0.2, 0.25) is 0 Å². The van der Waals surface area contributed by atoms with E-state index in [1.165, 1.54) is 24.7 Å². The SMILES string of the molecule is CCCC(c1ccc(-c2ccc(C(F)(F)F)cc2)nc1)n1cncc1C(=O)O. The second-order valence-corrected chi connectivity index (χ2v) is 6.35. The number of aromatic carboxylic acids is 1. The number of carboxylic acids is 1. The van der Waals surface area contributed by atoms with Gasteiger partial charge in [-0.05, 0) is 30.2 Å². The molecule has 0 spiro atoms. The van der Waals surface area contributed by atoms with Crippen molar-refractivity contribution in [1.29, 1.82) is 0 Å². The third-order valence-electron chi connectivity index (χ3n) is 4.46. The quantitative estimate of drug-likeness (QED) is 0.640. The molecule has 0 aliphatic heterocycles. The highest BCUT2D eigenvalue weighted by atomic mass is 19.4. The Labute approximate surface area is 159 Å². The third-order valence-corrected chi connectivity index (χ3v) is 4.46. The van der Waals surface area contributed by atoms with E-state index in [0.29, 0.717) is 17.7 Å². The second kappa shape index (κ2) is 7.84. The van der Waals surface area contributed by atoms with Crippen LogP contribution in [0.2, 0.25) is 0 Å². The van der Waals surface area contributed by atoms with E-state index in [-0.39, 0.29) is 11.7 Å². The zero-order chi connectivity index (χ0) is 20.3. The minimum Gasteiger partial charge on any atom is -0.477 e. The summed E-state index contributed by atoms with van der Waals surface area (Å²) in [5, 5.41) is 9.33. The van der Waals surface area contributed by atoms with Crippen LogP contribution in [0, 0.1) is 0 Å². The predicted octanol–water partition coefficient (Wildman–Crippen LogP) is 5.05. The number of aromatic nitrogens is 3. The zero-order valence-corrected chi connectivity index (χ0v) is 15.0. The lowest BCUT2D eigenvalue weighted by molar-refractivity contribution is -0.137. The minimum absolute atomic E-state index is 0.0882. The Bertz CT molecular complexity index is 948. The van der Waals surface area contributed by atoms with Crippen molar-refractivity contribution in [1.82, 2.24) is 14.5 Å². The highest BCUT2D eigenvalue weighted by Crippen LogP contribution is 2.31. The summed E-state index contributed by atoms with van der Waals surface area (Å²) in [5.41, 5.74) is 1.29. The lowest BCUT2D eigenvalue weighted by Crippen LogP contribution is -2.15. The van der Waals surface area contributed by atoms with Crippen LogP contribution in [0.5, 0.6) is 0 Å². The second-order valence-electron chi connectivity index (χ2n) is 6.35. The lowest BCUT2D eigenvalue weighted by atomic mass is 10.0. The molecule has 28 heavy (non-hydrogen) atoms. The van der Waals surface area contributed by atoms with Gasteiger partial charge < -0.3 is 9.67 Å². The lowest BCUT2D eigenvalue weighted by Gasteiger charge is -2.20. The van der Waals surface area contributed by atoms with Gasteiger partial charge in [0.15, 0.2) is 0 Å². The van der Waals surface area contributed by atoms with Crippen molar-refractivity contribution in [2.24, 2.45) is 0 Å². The van der Waals surface area contributed by atoms with Crippen LogP contribution in [0.3, 0.4) is 0 Å². The summed E-state index contributed by atoms with van der Waals surface area (Å²) in [6.07, 6.45) is 1.54. The summed E-state index contributed by atoms with van der Waals surface area (Å²) in [6.45, 7) is 1.99. The molecule has 0 fully saturated rings. The first-order valence-electron chi connectivity index (χ1n) is 8.70. The summed E-state index contributed by atoms with van der Waals surface area (Å²) < 4.78 is 39.7. The maximum atomic E-state index is 12.7. The van der Waals surface area contributed by atoms with Gasteiger partial charge in [0.1, 0.15) is 5.69 Å². The van der Waals surface area contributed by atoms with Crippen LogP contribution in [-0.2, 0) is 6.18 Å². The molecular formula is C20H18F3N3O2. The number of carboxylic acid groups (broad SMARTS) is 1. The van der Waals surface area contributed by atoms with Gasteiger partial charge in [0.25, 0.3) is 0 Å². The monoisotopic (exact) mass is 389 g/mol. The maximum Gasteiger partial charge on any atom is 0.416 e. The molecule has 1 aromatic carbocycles. The molecule has 3 aromatic rings. The number of hydrogen-bond acceptors (Lipinski definition) is 3. The number of rotatable bonds is 6. The first-order chi connectivity index (χ1) is 13.3. The van der Waals surface area contributed by atoms with Crippen LogP contribution < -0.4 is 0 Å². The molecular weight excluding hydrogens is 371 g/mol. The Kier molecular flexibility index (Phi) is 5.48. The molecule has 1 N–H and O–H groups in total. The Morgan fingerprint density at radius 1 is 1.14 bits per heavy atom. The van der Waals surface area contributed by atoms with Gasteiger partial charge in [0.05, 0.1) is 29.8 Å². The molecule has 2 heterocycles. The van der Waals surface area contributed by atoms with E-state index in [2.05, 4.69) is 9.97 Å². The summed E-state index contributed by atoms with van der Waals surface area (Å²) in [4.78, 5) is 19.7. The zero-order valence-electron chi connectivity index (χ0n) is 15.0. The number of hydrogen-bond donors (Lipinski definition) is 1. The van der Waals surface area contributed by atoms with Crippen molar-refractivity contribution in [3.8, 4) is 11.3 Å². The summed E-state index contributed by atoms with van der Waals surface area (Å²) in [5.74, 6) is -1.06. The number of carbonyl (C=O) groups is 1. The molecule has 146 valence electrons. The van der Waals surface area contributed by atoms with Crippen LogP contribution in [0.4, 0.5) is 13.2 Å². The predicted molar refractivity (Wildman–Crippen MR) is 96.9 cm³/mol. The molecule has 0 amide bonds. The third kappa shape index (κ3) is 4.05. The van der Waals surface area contributed by atoms with Crippen LogP contribution in [0.1, 0.15) is 47.4 Å². The first-order valence-corrected chi connectivity index (χ1v) is 8.70. The van der Waals surface area contributed by atoms with Crippen LogP contribution >= 0.6 is 0 Å². The topological polar surface area (TPSA) is 68.0 Å². The standard InChI is InChI=1S/C20H18F3N3O2/c1-2-3-17(26-12-24-11-18(26)19(27)28)14-6-9-16(25-10-14)13-4-7-15(8-5-13)20(21,22)23/h4-12,17H,2-3H2,1H3,(H,27,28). The maximum absolute atomic E-state index is 12.7. The molecule has 3 rings (SSSR count). The van der Waals surface area contributed by atoms with Crippen molar-refractivity contribution < 1.29 is 23.1 Å². The highest BCUT2D eigenvalue weighted by molar-refractivity contribution is 5.85. The van der Waals surface area contributed by atoms with Crippen molar-refractivity contribution >= 4 is 5.97 Å². The van der Waals surface area contributed by atoms with Gasteiger partial charge >= 0.3 is 12.1 Å². The van der Waals surface area contributed by atoms with Crippen LogP contribution in [-0.4, -0.2) is 25.6 Å². The Hall–Kier alpha value is -3.16. The van der Waals surface area contributed by atoms with Crippen LogP contribution in [0.25, 0.3) is 11.3 Å². The Morgan fingerprint density at radius 2 is 1.86 bits per heavy atom. The average molecular weight is 389 g/mol. The first kappa shape index (κ1) is 19.6. The smallest absolute Gasteiger partial charge is 0.416 e. The molecule has 0 aliphatic carbocycles. The van der Waals surface area contributed by atoms with E-state index < -0.39 is 17.7 Å². The van der Waals surface area contributed by atoms with Gasteiger partial charge in [-0.25, -0.2) is 9.78 Å².